The number of rotatable bonds is 5. The molecule has 0 atom stereocenters. The van der Waals surface area contributed by atoms with Crippen molar-refractivity contribution >= 4 is 11.6 Å². The van der Waals surface area contributed by atoms with E-state index in [2.05, 4.69) is 34.4 Å². The van der Waals surface area contributed by atoms with E-state index in [1.807, 2.05) is 20.0 Å². The summed E-state index contributed by atoms with van der Waals surface area (Å²) >= 11 is 0. The highest BCUT2D eigenvalue weighted by atomic mass is 16.3. The molecule has 1 saturated carbocycles. The van der Waals surface area contributed by atoms with E-state index in [-0.39, 0.29) is 0 Å². The topological polar surface area (TPSA) is 70.1 Å². The van der Waals surface area contributed by atoms with Crippen molar-refractivity contribution < 1.29 is 5.11 Å². The summed E-state index contributed by atoms with van der Waals surface area (Å²) in [5.74, 6) is 2.40. The lowest BCUT2D eigenvalue weighted by Gasteiger charge is -2.40. The SMILES string of the molecule is CCc1nc(NC)cc(NCC2(O)CCC(C)(C)CC2)n1. The van der Waals surface area contributed by atoms with Crippen LogP contribution in [0.3, 0.4) is 0 Å². The monoisotopic (exact) mass is 292 g/mol. The Morgan fingerprint density at radius 1 is 1.14 bits per heavy atom. The van der Waals surface area contributed by atoms with Crippen LogP contribution in [0.2, 0.25) is 0 Å². The van der Waals surface area contributed by atoms with Gasteiger partial charge in [0.2, 0.25) is 0 Å². The first-order valence-corrected chi connectivity index (χ1v) is 7.88. The molecule has 5 nitrogen and oxygen atoms in total. The second kappa shape index (κ2) is 6.18. The number of aromatic nitrogens is 2. The maximum Gasteiger partial charge on any atom is 0.132 e. The number of hydrogen-bond acceptors (Lipinski definition) is 5. The standard InChI is InChI=1S/C16H28N4O/c1-5-12-19-13(17-4)10-14(20-12)18-11-16(21)8-6-15(2,3)7-9-16/h10,21H,5-9,11H2,1-4H3,(H2,17,18,19,20). The van der Waals surface area contributed by atoms with Gasteiger partial charge >= 0.3 is 0 Å². The number of aliphatic hydroxyl groups is 1. The molecule has 118 valence electrons. The Balaban J connectivity index is 1.99. The minimum absolute atomic E-state index is 0.357. The predicted octanol–water partition coefficient (Wildman–Crippen LogP) is 2.82. The van der Waals surface area contributed by atoms with Gasteiger partial charge in [0.05, 0.1) is 5.60 Å². The Morgan fingerprint density at radius 2 is 1.76 bits per heavy atom. The number of anilines is 2. The summed E-state index contributed by atoms with van der Waals surface area (Å²) in [6.45, 7) is 7.13. The molecule has 5 heteroatoms. The largest absolute Gasteiger partial charge is 0.388 e. The van der Waals surface area contributed by atoms with Crippen molar-refractivity contribution in [2.75, 3.05) is 24.2 Å². The van der Waals surface area contributed by atoms with Crippen molar-refractivity contribution in [2.45, 2.75) is 58.5 Å². The molecule has 1 aromatic rings. The van der Waals surface area contributed by atoms with E-state index in [9.17, 15) is 5.11 Å². The van der Waals surface area contributed by atoms with Crippen molar-refractivity contribution in [2.24, 2.45) is 5.41 Å². The Kier molecular flexibility index (Phi) is 4.71. The van der Waals surface area contributed by atoms with Gasteiger partial charge in [0.25, 0.3) is 0 Å². The maximum absolute atomic E-state index is 10.7. The molecule has 1 fully saturated rings. The Hall–Kier alpha value is -1.36. The summed E-state index contributed by atoms with van der Waals surface area (Å²) < 4.78 is 0. The molecule has 0 spiro atoms. The van der Waals surface area contributed by atoms with Crippen LogP contribution in [0.25, 0.3) is 0 Å². The number of nitrogens with one attached hydrogen (secondary N) is 2. The Morgan fingerprint density at radius 3 is 2.33 bits per heavy atom. The van der Waals surface area contributed by atoms with Gasteiger partial charge in [-0.05, 0) is 31.1 Å². The molecule has 21 heavy (non-hydrogen) atoms. The van der Waals surface area contributed by atoms with Crippen molar-refractivity contribution in [3.63, 3.8) is 0 Å². The second-order valence-electron chi connectivity index (χ2n) is 6.90. The first-order valence-electron chi connectivity index (χ1n) is 7.88. The minimum Gasteiger partial charge on any atom is -0.388 e. The molecule has 1 aromatic heterocycles. The zero-order valence-electron chi connectivity index (χ0n) is 13.7. The van der Waals surface area contributed by atoms with Crippen molar-refractivity contribution in [1.29, 1.82) is 0 Å². The lowest BCUT2D eigenvalue weighted by Crippen LogP contribution is -2.42. The van der Waals surface area contributed by atoms with E-state index in [4.69, 9.17) is 0 Å². The van der Waals surface area contributed by atoms with E-state index in [0.717, 1.165) is 49.6 Å². The molecule has 0 amide bonds. The highest BCUT2D eigenvalue weighted by molar-refractivity contribution is 5.47. The lowest BCUT2D eigenvalue weighted by molar-refractivity contribution is -0.0145. The predicted molar refractivity (Wildman–Crippen MR) is 86.6 cm³/mol. The molecule has 0 bridgehead atoms. The summed E-state index contributed by atoms with van der Waals surface area (Å²) in [6, 6.07) is 1.88. The zero-order valence-corrected chi connectivity index (χ0v) is 13.7. The molecule has 0 unspecified atom stereocenters. The number of hydrogen-bond donors (Lipinski definition) is 3. The Labute approximate surface area is 127 Å². The summed E-state index contributed by atoms with van der Waals surface area (Å²) in [5.41, 5.74) is -0.261. The molecule has 1 aliphatic carbocycles. The van der Waals surface area contributed by atoms with E-state index < -0.39 is 5.60 Å². The van der Waals surface area contributed by atoms with Crippen molar-refractivity contribution in [1.82, 2.24) is 9.97 Å². The van der Waals surface area contributed by atoms with Gasteiger partial charge in [0.1, 0.15) is 17.5 Å². The first-order chi connectivity index (χ1) is 9.86. The lowest BCUT2D eigenvalue weighted by atomic mass is 9.71. The van der Waals surface area contributed by atoms with E-state index >= 15 is 0 Å². The fourth-order valence-electron chi connectivity index (χ4n) is 2.70. The van der Waals surface area contributed by atoms with Gasteiger partial charge in [-0.1, -0.05) is 20.8 Å². The van der Waals surface area contributed by atoms with Crippen molar-refractivity contribution in [3.8, 4) is 0 Å². The molecule has 0 aromatic carbocycles. The molecule has 0 radical (unpaired) electrons. The van der Waals surface area contributed by atoms with Gasteiger partial charge in [0, 0.05) is 26.1 Å². The zero-order chi connectivity index (χ0) is 15.5. The third-order valence-electron chi connectivity index (χ3n) is 4.48. The van der Waals surface area contributed by atoms with Gasteiger partial charge in [-0.15, -0.1) is 0 Å². The molecule has 1 aliphatic rings. The van der Waals surface area contributed by atoms with Crippen LogP contribution in [-0.2, 0) is 6.42 Å². The van der Waals surface area contributed by atoms with Crippen LogP contribution in [0.15, 0.2) is 6.07 Å². The third kappa shape index (κ3) is 4.30. The second-order valence-corrected chi connectivity index (χ2v) is 6.90. The van der Waals surface area contributed by atoms with Gasteiger partial charge in [-0.2, -0.15) is 0 Å². The fourth-order valence-corrected chi connectivity index (χ4v) is 2.70. The molecular weight excluding hydrogens is 264 g/mol. The first kappa shape index (κ1) is 16.0. The van der Waals surface area contributed by atoms with Crippen LogP contribution in [0.4, 0.5) is 11.6 Å². The molecular formula is C16H28N4O. The van der Waals surface area contributed by atoms with Crippen LogP contribution in [0.5, 0.6) is 0 Å². The van der Waals surface area contributed by atoms with E-state index in [1.54, 1.807) is 0 Å². The summed E-state index contributed by atoms with van der Waals surface area (Å²) in [6.07, 6.45) is 4.62. The number of aryl methyl sites for hydroxylation is 1. The van der Waals surface area contributed by atoms with Gasteiger partial charge < -0.3 is 15.7 Å². The van der Waals surface area contributed by atoms with Crippen LogP contribution in [0, 0.1) is 5.41 Å². The average molecular weight is 292 g/mol. The minimum atomic E-state index is -0.618. The normalized spacial score (nSPS) is 20.0. The van der Waals surface area contributed by atoms with Gasteiger partial charge in [-0.3, -0.25) is 0 Å². The molecule has 0 aliphatic heterocycles. The Bertz CT molecular complexity index is 455. The highest BCUT2D eigenvalue weighted by Gasteiger charge is 2.36. The van der Waals surface area contributed by atoms with Gasteiger partial charge in [0.15, 0.2) is 0 Å². The van der Waals surface area contributed by atoms with Gasteiger partial charge in [-0.25, -0.2) is 9.97 Å². The quantitative estimate of drug-likeness (QED) is 0.778. The van der Waals surface area contributed by atoms with E-state index in [1.165, 1.54) is 0 Å². The fraction of sp³-hybridized carbons (Fsp3) is 0.750. The summed E-state index contributed by atoms with van der Waals surface area (Å²) in [4.78, 5) is 8.85. The molecule has 3 N–H and O–H groups in total. The maximum atomic E-state index is 10.7. The third-order valence-corrected chi connectivity index (χ3v) is 4.48. The van der Waals surface area contributed by atoms with Crippen LogP contribution in [0.1, 0.15) is 52.3 Å². The summed E-state index contributed by atoms with van der Waals surface area (Å²) in [7, 11) is 1.85. The molecule has 2 rings (SSSR count). The van der Waals surface area contributed by atoms with Crippen LogP contribution < -0.4 is 10.6 Å². The number of nitrogens with zero attached hydrogens (tertiary/aromatic N) is 2. The smallest absolute Gasteiger partial charge is 0.132 e. The molecule has 0 saturated heterocycles. The highest BCUT2D eigenvalue weighted by Crippen LogP contribution is 2.40. The molecule has 1 heterocycles. The van der Waals surface area contributed by atoms with Crippen molar-refractivity contribution in [3.05, 3.63) is 11.9 Å². The van der Waals surface area contributed by atoms with E-state index in [0.29, 0.717) is 12.0 Å². The summed E-state index contributed by atoms with van der Waals surface area (Å²) in [5, 5.41) is 17.0. The van der Waals surface area contributed by atoms with Crippen LogP contribution >= 0.6 is 0 Å². The average Bonchev–Trinajstić information content (AvgIpc) is 2.48. The van der Waals surface area contributed by atoms with Crippen LogP contribution in [-0.4, -0.2) is 34.3 Å².